The second-order valence-corrected chi connectivity index (χ2v) is 32.3. The van der Waals surface area contributed by atoms with Gasteiger partial charge in [-0.1, -0.05) is 370 Å². The number of para-hydroxylation sites is 4. The van der Waals surface area contributed by atoms with Crippen LogP contribution >= 0.6 is 0 Å². The van der Waals surface area contributed by atoms with E-state index in [1.54, 1.807) is 0 Å². The van der Waals surface area contributed by atoms with E-state index in [0.29, 0.717) is 0 Å². The van der Waals surface area contributed by atoms with Crippen molar-refractivity contribution in [1.82, 2.24) is 18.3 Å². The predicted octanol–water partition coefficient (Wildman–Crippen LogP) is 32.4. The van der Waals surface area contributed by atoms with Gasteiger partial charge in [0.1, 0.15) is 0 Å². The van der Waals surface area contributed by atoms with Crippen molar-refractivity contribution < 1.29 is 0 Å². The lowest BCUT2D eigenvalue weighted by atomic mass is 9.94. The number of benzene rings is 20. The summed E-state index contributed by atoms with van der Waals surface area (Å²) < 4.78 is 9.80. The summed E-state index contributed by atoms with van der Waals surface area (Å²) in [5.74, 6) is 0. The Balaban J connectivity index is 0.000000143. The van der Waals surface area contributed by atoms with Crippen LogP contribution in [0.5, 0.6) is 0 Å². The number of rotatable bonds is 14. The molecule has 0 aliphatic rings. The Labute approximate surface area is 719 Å². The molecule has 4 nitrogen and oxygen atoms in total. The summed E-state index contributed by atoms with van der Waals surface area (Å²) in [4.78, 5) is 0. The normalized spacial score (nSPS) is 11.5. The van der Waals surface area contributed by atoms with Crippen LogP contribution in [0, 0.1) is 0 Å². The Morgan fingerprint density at radius 2 is 0.298 bits per heavy atom. The predicted molar refractivity (Wildman–Crippen MR) is 525 cm³/mol. The molecular weight excluding hydrogens is 1500 g/mol. The second-order valence-electron chi connectivity index (χ2n) is 32.3. The summed E-state index contributed by atoms with van der Waals surface area (Å²) >= 11 is 0. The average Bonchev–Trinajstić information content (AvgIpc) is 1.59. The molecule has 4 aromatic heterocycles. The number of fused-ring (bicyclic) bond motifs is 12. The molecule has 0 unspecified atom stereocenters. The van der Waals surface area contributed by atoms with E-state index in [1.807, 2.05) is 0 Å². The molecule has 4 heteroatoms. The van der Waals surface area contributed by atoms with Gasteiger partial charge in [0, 0.05) is 65.8 Å². The van der Waals surface area contributed by atoms with Crippen LogP contribution in [0.15, 0.2) is 485 Å². The molecule has 0 saturated heterocycles. The van der Waals surface area contributed by atoms with Crippen molar-refractivity contribution in [1.29, 1.82) is 0 Å². The molecule has 0 saturated carbocycles. The molecule has 0 bridgehead atoms. The maximum absolute atomic E-state index is 2.46. The van der Waals surface area contributed by atoms with Crippen molar-refractivity contribution in [3.05, 3.63) is 485 Å². The lowest BCUT2D eigenvalue weighted by molar-refractivity contribution is 1.18. The molecule has 124 heavy (non-hydrogen) atoms. The first-order valence-electron chi connectivity index (χ1n) is 42.7. The smallest absolute Gasteiger partial charge is 0.0547 e. The van der Waals surface area contributed by atoms with Gasteiger partial charge in [-0.05, 0) is 227 Å². The topological polar surface area (TPSA) is 19.7 Å². The molecule has 0 radical (unpaired) electrons. The van der Waals surface area contributed by atoms with Crippen LogP contribution in [0.1, 0.15) is 0 Å². The lowest BCUT2D eigenvalue weighted by Crippen LogP contribution is -1.96. The third-order valence-electron chi connectivity index (χ3n) is 25.0. The molecular formula is C120H80N4. The molecule has 0 atom stereocenters. The van der Waals surface area contributed by atoms with E-state index in [0.717, 1.165) is 22.7 Å². The van der Waals surface area contributed by atoms with Crippen molar-refractivity contribution in [3.63, 3.8) is 0 Å². The van der Waals surface area contributed by atoms with E-state index in [-0.39, 0.29) is 0 Å². The Hall–Kier alpha value is -16.4. The first-order valence-corrected chi connectivity index (χ1v) is 42.7. The highest BCUT2D eigenvalue weighted by molar-refractivity contribution is 6.15. The van der Waals surface area contributed by atoms with Crippen molar-refractivity contribution in [2.75, 3.05) is 0 Å². The highest BCUT2D eigenvalue weighted by Crippen LogP contribution is 2.45. The Kier molecular flexibility index (Phi) is 18.2. The van der Waals surface area contributed by atoms with Crippen LogP contribution in [0.25, 0.3) is 221 Å². The number of nitrogens with zero attached hydrogens (tertiary/aromatic N) is 4. The molecule has 24 aromatic rings. The van der Waals surface area contributed by atoms with Gasteiger partial charge >= 0.3 is 0 Å². The molecule has 0 spiro atoms. The molecule has 0 N–H and O–H groups in total. The zero-order valence-corrected chi connectivity index (χ0v) is 68.0. The van der Waals surface area contributed by atoms with Gasteiger partial charge in [0.15, 0.2) is 0 Å². The monoisotopic (exact) mass is 1580 g/mol. The molecule has 24 rings (SSSR count). The molecule has 20 aromatic carbocycles. The van der Waals surface area contributed by atoms with Crippen LogP contribution in [0.2, 0.25) is 0 Å². The maximum Gasteiger partial charge on any atom is 0.0547 e. The van der Waals surface area contributed by atoms with Crippen LogP contribution in [0.3, 0.4) is 0 Å². The molecule has 0 aliphatic carbocycles. The van der Waals surface area contributed by atoms with Gasteiger partial charge in [-0.25, -0.2) is 0 Å². The summed E-state index contributed by atoms with van der Waals surface area (Å²) in [6.07, 6.45) is 0. The highest BCUT2D eigenvalue weighted by atomic mass is 15.0. The summed E-state index contributed by atoms with van der Waals surface area (Å²) in [7, 11) is 0. The summed E-state index contributed by atoms with van der Waals surface area (Å²) in [5, 5.41) is 9.91. The molecule has 580 valence electrons. The zero-order chi connectivity index (χ0) is 82.0. The lowest BCUT2D eigenvalue weighted by Gasteiger charge is -2.15. The Morgan fingerprint density at radius 1 is 0.0968 bits per heavy atom. The van der Waals surface area contributed by atoms with Gasteiger partial charge in [0.25, 0.3) is 0 Å². The summed E-state index contributed by atoms with van der Waals surface area (Å²) in [6.45, 7) is 0. The first-order chi connectivity index (χ1) is 61.5. The minimum absolute atomic E-state index is 1.14. The van der Waals surface area contributed by atoms with E-state index in [9.17, 15) is 0 Å². The van der Waals surface area contributed by atoms with Crippen LogP contribution in [-0.4, -0.2) is 18.3 Å². The third kappa shape index (κ3) is 13.1. The highest BCUT2D eigenvalue weighted by Gasteiger charge is 2.23. The fourth-order valence-electron chi connectivity index (χ4n) is 19.1. The van der Waals surface area contributed by atoms with Gasteiger partial charge in [-0.15, -0.1) is 0 Å². The van der Waals surface area contributed by atoms with Crippen LogP contribution in [-0.2, 0) is 0 Å². The minimum atomic E-state index is 1.14. The van der Waals surface area contributed by atoms with Gasteiger partial charge in [-0.3, -0.25) is 0 Å². The van der Waals surface area contributed by atoms with Gasteiger partial charge in [0.05, 0.1) is 44.1 Å². The Morgan fingerprint density at radius 3 is 0.637 bits per heavy atom. The van der Waals surface area contributed by atoms with E-state index >= 15 is 0 Å². The largest absolute Gasteiger partial charge is 0.309 e. The van der Waals surface area contributed by atoms with Crippen molar-refractivity contribution in [2.45, 2.75) is 0 Å². The molecule has 0 amide bonds. The zero-order valence-electron chi connectivity index (χ0n) is 68.0. The van der Waals surface area contributed by atoms with Crippen molar-refractivity contribution in [3.8, 4) is 134 Å². The third-order valence-corrected chi connectivity index (χ3v) is 25.0. The van der Waals surface area contributed by atoms with Crippen LogP contribution in [0.4, 0.5) is 0 Å². The van der Waals surface area contributed by atoms with E-state index in [4.69, 9.17) is 0 Å². The second kappa shape index (κ2) is 31.1. The average molecular weight is 1580 g/mol. The molecule has 4 heterocycles. The maximum atomic E-state index is 2.46. The quantitative estimate of drug-likeness (QED) is 0.103. The van der Waals surface area contributed by atoms with Gasteiger partial charge in [0.2, 0.25) is 0 Å². The first kappa shape index (κ1) is 72.8. The SMILES string of the molecule is c1ccc(-c2cc(-c3ccccc3)cc(-n3c4ccccc4c4ccc(-c5ccc6c7ccccc7n(-c7cccc(-c8ccccc8-c8ccccc8)c7)c6c5)cc43)c2)cc1.c1ccc(-c2cccc(-c3cccc(-n4c5ccccc5c5ccc(-c6ccc7c8ccccc8n(-c8cc(-c9ccccc9)cc(-c9ccccc9)c8)c7c6)cc54)c3)c2)cc1. The number of hydrogen-bond donors (Lipinski definition) is 0. The van der Waals surface area contributed by atoms with Gasteiger partial charge in [-0.2, -0.15) is 0 Å². The Bertz CT molecular complexity index is 8080. The molecule has 0 fully saturated rings. The fraction of sp³-hybridized carbons (Fsp3) is 0. The van der Waals surface area contributed by atoms with E-state index < -0.39 is 0 Å². The summed E-state index contributed by atoms with van der Waals surface area (Å²) in [5.41, 5.74) is 37.9. The van der Waals surface area contributed by atoms with Crippen LogP contribution < -0.4 is 0 Å². The van der Waals surface area contributed by atoms with Gasteiger partial charge < -0.3 is 18.3 Å². The standard InChI is InChI=1S/2C60H40N2/c1-4-16-41(17-5-1)44-22-14-23-45(34-44)46-24-15-25-51(36-46)61-57-28-12-10-26-53(57)55-32-30-47(39-59(55)61)48-31-33-56-54-27-11-13-29-58(54)62(60(56)40-48)52-37-49(42-18-6-2-7-19-42)35-50(38-52)43-20-8-3-9-21-43;1-4-17-41(18-5-1)47-35-48(42-19-6-2-7-20-42)38-50(37-47)62-58-30-15-13-28-54(58)56-34-32-45(40-60(56)62)44-31-33-55-53-27-12-14-29-57(53)61(59(55)39-44)49-24-16-23-46(36-49)52-26-11-10-25-51(52)43-21-8-3-9-22-43/h2*1-40H. The summed E-state index contributed by atoms with van der Waals surface area (Å²) in [6, 6.07) is 177. The number of aromatic nitrogens is 4. The van der Waals surface area contributed by atoms with Crippen molar-refractivity contribution in [2.24, 2.45) is 0 Å². The van der Waals surface area contributed by atoms with E-state index in [1.165, 1.54) is 198 Å². The van der Waals surface area contributed by atoms with Crippen molar-refractivity contribution >= 4 is 87.2 Å². The number of hydrogen-bond acceptors (Lipinski definition) is 0. The minimum Gasteiger partial charge on any atom is -0.309 e. The van der Waals surface area contributed by atoms with E-state index in [2.05, 4.69) is 504 Å². The molecule has 0 aliphatic heterocycles. The fourth-order valence-corrected chi connectivity index (χ4v) is 19.1.